The molecule has 0 atom stereocenters. The van der Waals surface area contributed by atoms with Gasteiger partial charge in [0.15, 0.2) is 0 Å². The Morgan fingerprint density at radius 3 is 3.00 bits per heavy atom. The summed E-state index contributed by atoms with van der Waals surface area (Å²) < 4.78 is 0. The summed E-state index contributed by atoms with van der Waals surface area (Å²) in [7, 11) is 0. The van der Waals surface area contributed by atoms with Gasteiger partial charge in [0.1, 0.15) is 5.82 Å². The quantitative estimate of drug-likeness (QED) is 0.687. The molecule has 1 aromatic heterocycles. The van der Waals surface area contributed by atoms with Crippen molar-refractivity contribution in [2.45, 2.75) is 24.7 Å². The van der Waals surface area contributed by atoms with Gasteiger partial charge in [0.25, 0.3) is 0 Å². The van der Waals surface area contributed by atoms with Gasteiger partial charge >= 0.3 is 0 Å². The van der Waals surface area contributed by atoms with Crippen LogP contribution in [0.5, 0.6) is 0 Å². The molecule has 1 aliphatic carbocycles. The molecule has 1 saturated carbocycles. The lowest BCUT2D eigenvalue weighted by molar-refractivity contribution is 0.272. The van der Waals surface area contributed by atoms with Gasteiger partial charge in [-0.15, -0.1) is 0 Å². The molecule has 1 N–H and O–H groups in total. The molecule has 13 heavy (non-hydrogen) atoms. The number of hydrogen-bond acceptors (Lipinski definition) is 2. The first-order chi connectivity index (χ1) is 6.30. The molecule has 0 radical (unpaired) electrons. The summed E-state index contributed by atoms with van der Waals surface area (Å²) in [5.41, 5.74) is 1.72. The molecule has 1 spiro atoms. The minimum atomic E-state index is 0.382. The maximum Gasteiger partial charge on any atom is 0.129 e. The number of pyridine rings is 1. The predicted octanol–water partition coefficient (Wildman–Crippen LogP) is 2.58. The zero-order valence-corrected chi connectivity index (χ0v) is 8.06. The number of hydrogen-bond donors (Lipinski definition) is 1. The number of aromatic nitrogens is 1. The van der Waals surface area contributed by atoms with Crippen LogP contribution in [0.3, 0.4) is 0 Å². The molecular formula is C10H11ClN2. The predicted molar refractivity (Wildman–Crippen MR) is 53.3 cm³/mol. The van der Waals surface area contributed by atoms with Gasteiger partial charge in [-0.3, -0.25) is 0 Å². The van der Waals surface area contributed by atoms with Crippen molar-refractivity contribution in [1.29, 1.82) is 0 Å². The van der Waals surface area contributed by atoms with E-state index in [1.165, 1.54) is 24.8 Å². The standard InChI is InChI=1S/C10H11ClN2/c11-7-4-8-9(12-5-7)13-6-10(8)2-1-3-10/h4-5H,1-3,6H2,(H,12,13). The Morgan fingerprint density at radius 2 is 2.31 bits per heavy atom. The van der Waals surface area contributed by atoms with Crippen molar-refractivity contribution < 1.29 is 0 Å². The Balaban J connectivity index is 2.14. The van der Waals surface area contributed by atoms with Crippen molar-refractivity contribution in [3.05, 3.63) is 22.8 Å². The fourth-order valence-electron chi connectivity index (χ4n) is 2.38. The van der Waals surface area contributed by atoms with E-state index >= 15 is 0 Å². The molecule has 2 heterocycles. The molecule has 1 aromatic rings. The fourth-order valence-corrected chi connectivity index (χ4v) is 2.54. The second-order valence-corrected chi connectivity index (χ2v) is 4.47. The van der Waals surface area contributed by atoms with Crippen LogP contribution in [0.1, 0.15) is 24.8 Å². The molecule has 2 aliphatic rings. The second-order valence-electron chi connectivity index (χ2n) is 4.04. The summed E-state index contributed by atoms with van der Waals surface area (Å²) in [6.45, 7) is 1.05. The van der Waals surface area contributed by atoms with Crippen LogP contribution in [0.4, 0.5) is 5.82 Å². The van der Waals surface area contributed by atoms with Gasteiger partial charge in [-0.2, -0.15) is 0 Å². The topological polar surface area (TPSA) is 24.9 Å². The SMILES string of the molecule is Clc1cnc2c(c1)C1(CCC1)CN2. The maximum absolute atomic E-state index is 5.94. The molecule has 0 unspecified atom stereocenters. The first-order valence-corrected chi connectivity index (χ1v) is 5.08. The first kappa shape index (κ1) is 7.63. The van der Waals surface area contributed by atoms with Gasteiger partial charge in [-0.25, -0.2) is 4.98 Å². The molecule has 3 rings (SSSR count). The molecule has 3 heteroatoms. The maximum atomic E-state index is 5.94. The number of rotatable bonds is 0. The summed E-state index contributed by atoms with van der Waals surface area (Å²) in [5, 5.41) is 4.11. The fraction of sp³-hybridized carbons (Fsp3) is 0.500. The van der Waals surface area contributed by atoms with Crippen molar-refractivity contribution in [1.82, 2.24) is 4.98 Å². The molecular weight excluding hydrogens is 184 g/mol. The lowest BCUT2D eigenvalue weighted by Gasteiger charge is -2.37. The molecule has 0 aromatic carbocycles. The van der Waals surface area contributed by atoms with Gasteiger partial charge in [0, 0.05) is 23.7 Å². The molecule has 1 fully saturated rings. The summed E-state index contributed by atoms with van der Waals surface area (Å²) in [6, 6.07) is 2.07. The van der Waals surface area contributed by atoms with Gasteiger partial charge in [-0.1, -0.05) is 18.0 Å². The van der Waals surface area contributed by atoms with E-state index in [1.807, 2.05) is 0 Å². The smallest absolute Gasteiger partial charge is 0.129 e. The van der Waals surface area contributed by atoms with E-state index in [4.69, 9.17) is 11.6 Å². The van der Waals surface area contributed by atoms with Crippen LogP contribution in [0.25, 0.3) is 0 Å². The zero-order valence-electron chi connectivity index (χ0n) is 7.31. The minimum absolute atomic E-state index is 0.382. The summed E-state index contributed by atoms with van der Waals surface area (Å²) in [5.74, 6) is 1.05. The third-order valence-corrected chi connectivity index (χ3v) is 3.54. The van der Waals surface area contributed by atoms with E-state index in [1.54, 1.807) is 6.20 Å². The Morgan fingerprint density at radius 1 is 1.46 bits per heavy atom. The number of fused-ring (bicyclic) bond motifs is 2. The Labute approximate surface area is 82.3 Å². The molecule has 0 amide bonds. The molecule has 1 aliphatic heterocycles. The minimum Gasteiger partial charge on any atom is -0.369 e. The van der Waals surface area contributed by atoms with Crippen LogP contribution >= 0.6 is 11.6 Å². The van der Waals surface area contributed by atoms with Crippen LogP contribution < -0.4 is 5.32 Å². The number of nitrogens with zero attached hydrogens (tertiary/aromatic N) is 1. The van der Waals surface area contributed by atoms with Gasteiger partial charge in [-0.05, 0) is 18.9 Å². The van der Waals surface area contributed by atoms with E-state index < -0.39 is 0 Å². The van der Waals surface area contributed by atoms with Gasteiger partial charge in [0.2, 0.25) is 0 Å². The van der Waals surface area contributed by atoms with E-state index in [-0.39, 0.29) is 0 Å². The number of nitrogens with one attached hydrogen (secondary N) is 1. The first-order valence-electron chi connectivity index (χ1n) is 4.70. The Bertz CT molecular complexity index is 358. The molecule has 68 valence electrons. The third-order valence-electron chi connectivity index (χ3n) is 3.33. The molecule has 0 bridgehead atoms. The highest BCUT2D eigenvalue weighted by Gasteiger charge is 2.44. The lowest BCUT2D eigenvalue weighted by Crippen LogP contribution is -2.35. The van der Waals surface area contributed by atoms with Crippen molar-refractivity contribution in [2.24, 2.45) is 0 Å². The van der Waals surface area contributed by atoms with Crippen LogP contribution in [0.2, 0.25) is 5.02 Å². The van der Waals surface area contributed by atoms with Crippen molar-refractivity contribution in [3.63, 3.8) is 0 Å². The van der Waals surface area contributed by atoms with Gasteiger partial charge < -0.3 is 5.32 Å². The van der Waals surface area contributed by atoms with Crippen LogP contribution in [-0.2, 0) is 5.41 Å². The number of anilines is 1. The number of halogens is 1. The van der Waals surface area contributed by atoms with Crippen LogP contribution in [0, 0.1) is 0 Å². The highest BCUT2D eigenvalue weighted by Crippen LogP contribution is 2.49. The van der Waals surface area contributed by atoms with E-state index in [9.17, 15) is 0 Å². The summed E-state index contributed by atoms with van der Waals surface area (Å²) in [6.07, 6.45) is 5.63. The highest BCUT2D eigenvalue weighted by atomic mass is 35.5. The van der Waals surface area contributed by atoms with Crippen LogP contribution in [0.15, 0.2) is 12.3 Å². The van der Waals surface area contributed by atoms with E-state index in [0.717, 1.165) is 17.4 Å². The normalized spacial score (nSPS) is 22.2. The largest absolute Gasteiger partial charge is 0.369 e. The summed E-state index contributed by atoms with van der Waals surface area (Å²) in [4.78, 5) is 4.29. The molecule has 0 saturated heterocycles. The monoisotopic (exact) mass is 194 g/mol. The van der Waals surface area contributed by atoms with Crippen LogP contribution in [-0.4, -0.2) is 11.5 Å². The third kappa shape index (κ3) is 0.923. The van der Waals surface area contributed by atoms with Gasteiger partial charge in [0.05, 0.1) is 5.02 Å². The zero-order chi connectivity index (χ0) is 8.89. The van der Waals surface area contributed by atoms with Crippen molar-refractivity contribution in [2.75, 3.05) is 11.9 Å². The lowest BCUT2D eigenvalue weighted by atomic mass is 9.66. The van der Waals surface area contributed by atoms with Crippen molar-refractivity contribution in [3.8, 4) is 0 Å². The van der Waals surface area contributed by atoms with E-state index in [0.29, 0.717) is 5.41 Å². The summed E-state index contributed by atoms with van der Waals surface area (Å²) >= 11 is 5.94. The van der Waals surface area contributed by atoms with E-state index in [2.05, 4.69) is 16.4 Å². The Kier molecular flexibility index (Phi) is 1.40. The molecule has 2 nitrogen and oxygen atoms in total. The van der Waals surface area contributed by atoms with Crippen molar-refractivity contribution >= 4 is 17.4 Å². The average Bonchev–Trinajstić information content (AvgIpc) is 2.41. The average molecular weight is 195 g/mol. The Hall–Kier alpha value is -0.760. The highest BCUT2D eigenvalue weighted by molar-refractivity contribution is 6.30. The second kappa shape index (κ2) is 2.38.